The molecule has 0 N–H and O–H groups in total. The first-order valence-corrected chi connectivity index (χ1v) is 6.39. The fourth-order valence-corrected chi connectivity index (χ4v) is 1.65. The highest BCUT2D eigenvalue weighted by Crippen LogP contribution is 2.32. The highest BCUT2D eigenvalue weighted by atomic mass is 16.6. The standard InChI is InChI=1S/C15H22O4/c1-7-9-11-10(3)12(13(16)17-8-2)18-14(11)19-15(4,5)6/h7H,1,8-9H2,2-6H3. The SMILES string of the molecule is C=CCc1c(OC(C)(C)C)oc(C(=O)OCC)c1C. The van der Waals surface area contributed by atoms with E-state index >= 15 is 0 Å². The van der Waals surface area contributed by atoms with Gasteiger partial charge in [-0.1, -0.05) is 6.08 Å². The van der Waals surface area contributed by atoms with E-state index in [1.807, 2.05) is 27.7 Å². The molecule has 0 saturated heterocycles. The minimum absolute atomic E-state index is 0.206. The molecule has 0 amide bonds. The normalized spacial score (nSPS) is 11.2. The number of carbonyl (C=O) groups excluding carboxylic acids is 1. The van der Waals surface area contributed by atoms with Gasteiger partial charge < -0.3 is 13.9 Å². The summed E-state index contributed by atoms with van der Waals surface area (Å²) in [5.41, 5.74) is 1.19. The number of hydrogen-bond acceptors (Lipinski definition) is 4. The number of esters is 1. The first kappa shape index (κ1) is 15.3. The minimum atomic E-state index is -0.464. The lowest BCUT2D eigenvalue weighted by molar-refractivity contribution is 0.0456. The summed E-state index contributed by atoms with van der Waals surface area (Å²) in [6, 6.07) is 0. The molecule has 1 heterocycles. The Labute approximate surface area is 114 Å². The van der Waals surface area contributed by atoms with Crippen molar-refractivity contribution in [1.82, 2.24) is 0 Å². The summed E-state index contributed by atoms with van der Waals surface area (Å²) in [5, 5.41) is 0. The summed E-state index contributed by atoms with van der Waals surface area (Å²) in [6.07, 6.45) is 2.34. The van der Waals surface area contributed by atoms with Crippen LogP contribution in [0.4, 0.5) is 0 Å². The molecule has 0 spiro atoms. The minimum Gasteiger partial charge on any atom is -0.460 e. The van der Waals surface area contributed by atoms with Gasteiger partial charge in [0.25, 0.3) is 5.95 Å². The van der Waals surface area contributed by atoms with Gasteiger partial charge in [0.05, 0.1) is 6.61 Å². The second-order valence-corrected chi connectivity index (χ2v) is 5.25. The summed E-state index contributed by atoms with van der Waals surface area (Å²) < 4.78 is 16.3. The fourth-order valence-electron chi connectivity index (χ4n) is 1.65. The second kappa shape index (κ2) is 5.95. The molecule has 1 rings (SSSR count). The molecule has 0 aliphatic carbocycles. The first-order chi connectivity index (χ1) is 8.80. The highest BCUT2D eigenvalue weighted by Gasteiger charge is 2.26. The van der Waals surface area contributed by atoms with Gasteiger partial charge in [0, 0.05) is 11.1 Å². The fraction of sp³-hybridized carbons (Fsp3) is 0.533. The van der Waals surface area contributed by atoms with Gasteiger partial charge in [0.1, 0.15) is 5.60 Å². The lowest BCUT2D eigenvalue weighted by Gasteiger charge is -2.19. The summed E-state index contributed by atoms with van der Waals surface area (Å²) in [5.74, 6) is 0.111. The topological polar surface area (TPSA) is 48.7 Å². The molecule has 1 aromatic heterocycles. The van der Waals surface area contributed by atoms with Crippen LogP contribution in [0.5, 0.6) is 5.95 Å². The van der Waals surface area contributed by atoms with Gasteiger partial charge in [-0.2, -0.15) is 0 Å². The zero-order valence-electron chi connectivity index (χ0n) is 12.3. The average molecular weight is 266 g/mol. The molecule has 0 aromatic carbocycles. The van der Waals surface area contributed by atoms with Crippen LogP contribution in [0, 0.1) is 6.92 Å². The molecule has 0 aliphatic heterocycles. The second-order valence-electron chi connectivity index (χ2n) is 5.25. The Kier molecular flexibility index (Phi) is 4.81. The van der Waals surface area contributed by atoms with Crippen molar-refractivity contribution in [2.75, 3.05) is 6.61 Å². The number of rotatable bonds is 5. The molecular formula is C15H22O4. The Bertz CT molecular complexity index is 463. The van der Waals surface area contributed by atoms with E-state index in [1.54, 1.807) is 13.0 Å². The molecule has 0 bridgehead atoms. The third-order valence-corrected chi connectivity index (χ3v) is 2.44. The monoisotopic (exact) mass is 266 g/mol. The summed E-state index contributed by atoms with van der Waals surface area (Å²) in [6.45, 7) is 13.4. The number of furan rings is 1. The lowest BCUT2D eigenvalue weighted by Crippen LogP contribution is -2.23. The van der Waals surface area contributed by atoms with E-state index in [9.17, 15) is 4.79 Å². The maximum atomic E-state index is 11.8. The lowest BCUT2D eigenvalue weighted by atomic mass is 10.1. The van der Waals surface area contributed by atoms with Crippen LogP contribution in [0.2, 0.25) is 0 Å². The number of ether oxygens (including phenoxy) is 2. The maximum Gasteiger partial charge on any atom is 0.374 e. The molecule has 4 nitrogen and oxygen atoms in total. The zero-order chi connectivity index (χ0) is 14.6. The molecule has 1 aromatic rings. The van der Waals surface area contributed by atoms with Gasteiger partial charge in [0.15, 0.2) is 0 Å². The zero-order valence-corrected chi connectivity index (χ0v) is 12.3. The third kappa shape index (κ3) is 3.88. The van der Waals surface area contributed by atoms with Crippen molar-refractivity contribution >= 4 is 5.97 Å². The van der Waals surface area contributed by atoms with Crippen molar-refractivity contribution in [2.24, 2.45) is 0 Å². The molecule has 0 saturated carbocycles. The van der Waals surface area contributed by atoms with Crippen LogP contribution < -0.4 is 4.74 Å². The summed E-state index contributed by atoms with van der Waals surface area (Å²) in [7, 11) is 0. The van der Waals surface area contributed by atoms with Crippen LogP contribution in [0.3, 0.4) is 0 Å². The van der Waals surface area contributed by atoms with Gasteiger partial charge in [-0.3, -0.25) is 0 Å². The van der Waals surface area contributed by atoms with Crippen LogP contribution in [-0.4, -0.2) is 18.2 Å². The largest absolute Gasteiger partial charge is 0.460 e. The van der Waals surface area contributed by atoms with E-state index in [0.717, 1.165) is 11.1 Å². The smallest absolute Gasteiger partial charge is 0.374 e. The van der Waals surface area contributed by atoms with Crippen molar-refractivity contribution in [2.45, 2.75) is 46.6 Å². The summed E-state index contributed by atoms with van der Waals surface area (Å²) in [4.78, 5) is 11.8. The average Bonchev–Trinajstić information content (AvgIpc) is 2.56. The van der Waals surface area contributed by atoms with E-state index in [1.165, 1.54) is 0 Å². The highest BCUT2D eigenvalue weighted by molar-refractivity contribution is 5.88. The molecule has 19 heavy (non-hydrogen) atoms. The Balaban J connectivity index is 3.18. The molecular weight excluding hydrogens is 244 g/mol. The van der Waals surface area contributed by atoms with Crippen molar-refractivity contribution < 1.29 is 18.7 Å². The Morgan fingerprint density at radius 1 is 1.42 bits per heavy atom. The van der Waals surface area contributed by atoms with Crippen molar-refractivity contribution in [3.05, 3.63) is 29.5 Å². The molecule has 4 heteroatoms. The van der Waals surface area contributed by atoms with Crippen molar-refractivity contribution in [3.8, 4) is 5.95 Å². The van der Waals surface area contributed by atoms with E-state index < -0.39 is 11.6 Å². The molecule has 0 unspecified atom stereocenters. The van der Waals surface area contributed by atoms with Crippen LogP contribution >= 0.6 is 0 Å². The molecule has 0 aliphatic rings. The Morgan fingerprint density at radius 3 is 2.53 bits per heavy atom. The van der Waals surface area contributed by atoms with E-state index in [0.29, 0.717) is 19.0 Å². The van der Waals surface area contributed by atoms with Gasteiger partial charge in [-0.15, -0.1) is 6.58 Å². The third-order valence-electron chi connectivity index (χ3n) is 2.44. The molecule has 0 atom stereocenters. The van der Waals surface area contributed by atoms with Crippen LogP contribution in [0.1, 0.15) is 49.4 Å². The van der Waals surface area contributed by atoms with Gasteiger partial charge >= 0.3 is 5.97 Å². The number of hydrogen-bond donors (Lipinski definition) is 0. The van der Waals surface area contributed by atoms with Crippen molar-refractivity contribution in [1.29, 1.82) is 0 Å². The van der Waals surface area contributed by atoms with E-state index in [-0.39, 0.29) is 5.76 Å². The first-order valence-electron chi connectivity index (χ1n) is 6.39. The van der Waals surface area contributed by atoms with Gasteiger partial charge in [0.2, 0.25) is 5.76 Å². The molecule has 106 valence electrons. The van der Waals surface area contributed by atoms with Crippen LogP contribution in [0.25, 0.3) is 0 Å². The van der Waals surface area contributed by atoms with Crippen molar-refractivity contribution in [3.63, 3.8) is 0 Å². The predicted molar refractivity (Wildman–Crippen MR) is 73.7 cm³/mol. The maximum absolute atomic E-state index is 11.8. The van der Waals surface area contributed by atoms with E-state index in [2.05, 4.69) is 6.58 Å². The Hall–Kier alpha value is -1.71. The molecule has 0 fully saturated rings. The van der Waals surface area contributed by atoms with Gasteiger partial charge in [-0.25, -0.2) is 4.79 Å². The van der Waals surface area contributed by atoms with Crippen LogP contribution in [0.15, 0.2) is 17.1 Å². The summed E-state index contributed by atoms with van der Waals surface area (Å²) >= 11 is 0. The number of carbonyl (C=O) groups is 1. The molecule has 0 radical (unpaired) electrons. The predicted octanol–water partition coefficient (Wildman–Crippen LogP) is 3.67. The van der Waals surface area contributed by atoms with E-state index in [4.69, 9.17) is 13.9 Å². The van der Waals surface area contributed by atoms with Crippen LogP contribution in [-0.2, 0) is 11.2 Å². The van der Waals surface area contributed by atoms with Gasteiger partial charge in [-0.05, 0) is 41.0 Å². The Morgan fingerprint density at radius 2 is 2.05 bits per heavy atom. The number of allylic oxidation sites excluding steroid dienone is 1. The quantitative estimate of drug-likeness (QED) is 0.602.